The molecule has 61 heavy (non-hydrogen) atoms. The highest BCUT2D eigenvalue weighted by molar-refractivity contribution is 7.21. The predicted octanol–water partition coefficient (Wildman–Crippen LogP) is 5.71. The van der Waals surface area contributed by atoms with Gasteiger partial charge < -0.3 is 25.4 Å². The summed E-state index contributed by atoms with van der Waals surface area (Å²) in [5.41, 5.74) is 7.10. The van der Waals surface area contributed by atoms with E-state index in [0.29, 0.717) is 56.2 Å². The van der Waals surface area contributed by atoms with Crippen molar-refractivity contribution in [1.82, 2.24) is 30.1 Å². The molecule has 5 heterocycles. The Labute approximate surface area is 356 Å². The number of hydrogen-bond donors (Lipinski definition) is 4. The van der Waals surface area contributed by atoms with E-state index in [-0.39, 0.29) is 48.5 Å². The molecule has 2 fully saturated rings. The van der Waals surface area contributed by atoms with Crippen LogP contribution in [-0.2, 0) is 37.3 Å². The molecular formula is C46H49N7O7S. The van der Waals surface area contributed by atoms with E-state index in [0.717, 1.165) is 74.1 Å². The largest absolute Gasteiger partial charge is 0.381 e. The number of carbonyl (C=O) groups is 4. The third-order valence-corrected chi connectivity index (χ3v) is 13.4. The number of imidazole rings is 1. The molecule has 1 aliphatic carbocycles. The van der Waals surface area contributed by atoms with Gasteiger partial charge >= 0.3 is 5.69 Å². The van der Waals surface area contributed by atoms with E-state index in [1.54, 1.807) is 7.05 Å². The molecule has 3 aliphatic rings. The number of fused-ring (bicyclic) bond motifs is 6. The molecular weight excluding hydrogens is 795 g/mol. The van der Waals surface area contributed by atoms with Gasteiger partial charge in [-0.15, -0.1) is 11.3 Å². The predicted molar refractivity (Wildman–Crippen MR) is 235 cm³/mol. The number of piperidine rings is 1. The SMILES string of the molecule is C[C@@H]1CNc2c(sc3ccc4nc(-c5ccc(C6CCC(NC(=O)COCCOCCc7ccc8c(c7)n(C)c(=O)n8C7CCC(=O)NC7=O)CC6)cc5)ccc4c23)C(=O)N1. The number of hydrogen-bond acceptors (Lipinski definition) is 10. The van der Waals surface area contributed by atoms with Gasteiger partial charge in [-0.05, 0) is 98.9 Å². The van der Waals surface area contributed by atoms with Crippen LogP contribution in [0.5, 0.6) is 0 Å². The van der Waals surface area contributed by atoms with Crippen molar-refractivity contribution in [2.24, 2.45) is 7.05 Å². The van der Waals surface area contributed by atoms with Crippen LogP contribution in [0.1, 0.15) is 78.2 Å². The molecule has 4 N–H and O–H groups in total. The van der Waals surface area contributed by atoms with Crippen LogP contribution >= 0.6 is 11.3 Å². The molecule has 316 valence electrons. The molecule has 3 aromatic heterocycles. The van der Waals surface area contributed by atoms with E-state index in [1.165, 1.54) is 26.0 Å². The highest BCUT2D eigenvalue weighted by Crippen LogP contribution is 2.41. The van der Waals surface area contributed by atoms with Crippen molar-refractivity contribution in [3.63, 3.8) is 0 Å². The Morgan fingerprint density at radius 2 is 1.70 bits per heavy atom. The summed E-state index contributed by atoms with van der Waals surface area (Å²) in [6.45, 7) is 3.74. The van der Waals surface area contributed by atoms with Crippen molar-refractivity contribution in [2.75, 3.05) is 38.3 Å². The van der Waals surface area contributed by atoms with Crippen molar-refractivity contribution in [1.29, 1.82) is 0 Å². The summed E-state index contributed by atoms with van der Waals surface area (Å²) in [5.74, 6) is -0.495. The smallest absolute Gasteiger partial charge is 0.329 e. The van der Waals surface area contributed by atoms with E-state index < -0.39 is 11.9 Å². The number of ether oxygens (including phenoxy) is 2. The van der Waals surface area contributed by atoms with Crippen LogP contribution in [0.25, 0.3) is 43.3 Å². The van der Waals surface area contributed by atoms with Gasteiger partial charge in [0.2, 0.25) is 17.7 Å². The van der Waals surface area contributed by atoms with Crippen molar-refractivity contribution < 1.29 is 28.7 Å². The first kappa shape index (κ1) is 40.5. The minimum Gasteiger partial charge on any atom is -0.381 e. The zero-order valence-corrected chi connectivity index (χ0v) is 35.1. The molecule has 2 atom stereocenters. The maximum Gasteiger partial charge on any atom is 0.329 e. The Morgan fingerprint density at radius 3 is 2.51 bits per heavy atom. The summed E-state index contributed by atoms with van der Waals surface area (Å²) in [6, 6.07) is 22.1. The van der Waals surface area contributed by atoms with E-state index in [2.05, 4.69) is 63.7 Å². The van der Waals surface area contributed by atoms with Gasteiger partial charge in [-0.1, -0.05) is 30.3 Å². The molecule has 3 aromatic carbocycles. The van der Waals surface area contributed by atoms with Gasteiger partial charge in [0, 0.05) is 53.1 Å². The lowest BCUT2D eigenvalue weighted by Gasteiger charge is -2.29. The number of nitrogens with zero attached hydrogens (tertiary/aromatic N) is 3. The number of pyridine rings is 1. The van der Waals surface area contributed by atoms with Crippen LogP contribution in [0.3, 0.4) is 0 Å². The molecule has 9 rings (SSSR count). The minimum absolute atomic E-state index is 0.0178. The lowest BCUT2D eigenvalue weighted by molar-refractivity contribution is -0.135. The van der Waals surface area contributed by atoms with Gasteiger partial charge in [-0.25, -0.2) is 9.78 Å². The van der Waals surface area contributed by atoms with Gasteiger partial charge in [-0.3, -0.25) is 33.6 Å². The van der Waals surface area contributed by atoms with Gasteiger partial charge in [0.05, 0.1) is 47.8 Å². The highest BCUT2D eigenvalue weighted by Gasteiger charge is 2.31. The summed E-state index contributed by atoms with van der Waals surface area (Å²) in [7, 11) is 1.67. The second-order valence-corrected chi connectivity index (χ2v) is 17.5. The molecule has 1 unspecified atom stereocenters. The second-order valence-electron chi connectivity index (χ2n) is 16.4. The van der Waals surface area contributed by atoms with Crippen LogP contribution in [0.4, 0.5) is 5.69 Å². The lowest BCUT2D eigenvalue weighted by Crippen LogP contribution is -2.44. The van der Waals surface area contributed by atoms with Gasteiger partial charge in [-0.2, -0.15) is 0 Å². The van der Waals surface area contributed by atoms with Crippen molar-refractivity contribution in [3.8, 4) is 11.3 Å². The van der Waals surface area contributed by atoms with E-state index in [9.17, 15) is 24.0 Å². The number of aryl methyl sites for hydroxylation is 1. The van der Waals surface area contributed by atoms with E-state index >= 15 is 0 Å². The quantitative estimate of drug-likeness (QED) is 0.0889. The van der Waals surface area contributed by atoms with E-state index in [1.807, 2.05) is 31.2 Å². The Kier molecular flexibility index (Phi) is 11.4. The maximum absolute atomic E-state index is 13.0. The number of benzene rings is 3. The average Bonchev–Trinajstić information content (AvgIpc) is 3.71. The van der Waals surface area contributed by atoms with Gasteiger partial charge in [0.1, 0.15) is 17.5 Å². The number of imide groups is 1. The number of nitrogens with one attached hydrogen (secondary N) is 4. The molecule has 1 saturated heterocycles. The van der Waals surface area contributed by atoms with Crippen molar-refractivity contribution in [3.05, 3.63) is 93.2 Å². The highest BCUT2D eigenvalue weighted by atomic mass is 32.1. The topological polar surface area (TPSA) is 175 Å². The van der Waals surface area contributed by atoms with Gasteiger partial charge in [0.15, 0.2) is 0 Å². The first-order chi connectivity index (χ1) is 29.6. The molecule has 14 nitrogen and oxygen atoms in total. The van der Waals surface area contributed by atoms with Crippen LogP contribution in [0.2, 0.25) is 0 Å². The summed E-state index contributed by atoms with van der Waals surface area (Å²) in [6.07, 6.45) is 4.91. The zero-order chi connectivity index (χ0) is 42.2. The fourth-order valence-electron chi connectivity index (χ4n) is 9.02. The summed E-state index contributed by atoms with van der Waals surface area (Å²) in [4.78, 5) is 68.4. The Hall–Kier alpha value is -5.90. The van der Waals surface area contributed by atoms with Crippen LogP contribution < -0.4 is 27.0 Å². The lowest BCUT2D eigenvalue weighted by atomic mass is 9.81. The maximum atomic E-state index is 13.0. The van der Waals surface area contributed by atoms with Crippen LogP contribution in [-0.4, -0.2) is 82.8 Å². The molecule has 6 aromatic rings. The molecule has 15 heteroatoms. The summed E-state index contributed by atoms with van der Waals surface area (Å²) in [5, 5.41) is 14.1. The van der Waals surface area contributed by atoms with E-state index in [4.69, 9.17) is 14.5 Å². The Balaban J connectivity index is 0.699. The van der Waals surface area contributed by atoms with Crippen molar-refractivity contribution in [2.45, 2.75) is 75.9 Å². The summed E-state index contributed by atoms with van der Waals surface area (Å²) >= 11 is 1.52. The number of anilines is 1. The number of rotatable bonds is 12. The number of amides is 4. The zero-order valence-electron chi connectivity index (χ0n) is 34.3. The molecule has 0 bridgehead atoms. The summed E-state index contributed by atoms with van der Waals surface area (Å²) < 4.78 is 15.4. The number of carbonyl (C=O) groups excluding carboxylic acids is 4. The van der Waals surface area contributed by atoms with Gasteiger partial charge in [0.25, 0.3) is 5.91 Å². The molecule has 0 radical (unpaired) electrons. The first-order valence-electron chi connectivity index (χ1n) is 21.1. The van der Waals surface area contributed by atoms with Crippen molar-refractivity contribution >= 4 is 72.7 Å². The molecule has 0 spiro atoms. The first-order valence-corrected chi connectivity index (χ1v) is 21.9. The molecule has 2 aliphatic heterocycles. The number of aromatic nitrogens is 3. The fraction of sp³-hybridized carbons (Fsp3) is 0.391. The third-order valence-electron chi connectivity index (χ3n) is 12.3. The molecule has 4 amide bonds. The van der Waals surface area contributed by atoms with Crippen LogP contribution in [0, 0.1) is 0 Å². The fourth-order valence-corrected chi connectivity index (χ4v) is 10.1. The average molecular weight is 844 g/mol. The standard InChI is InChI=1S/C46H49N7O7S/c1-26-24-47-42-41-32-12-13-33(50-34(32)14-17-38(41)61-43(42)45(57)48-26)30-6-4-28(5-7-30)29-8-10-31(11-9-29)49-40(55)25-60-22-21-59-20-19-27-3-15-35-37(23-27)52(2)46(58)53(35)36-16-18-39(54)51-44(36)56/h3-7,12-15,17,23,26,29,31,36,47H,8-11,16,18-22,24-25H2,1-2H3,(H,48,57)(H,49,55)(H,51,54,56)/t26-,29?,31?,36?/m1/s1. The number of thiophene rings is 1. The third kappa shape index (κ3) is 8.29. The Morgan fingerprint density at radius 1 is 0.902 bits per heavy atom. The second kappa shape index (κ2) is 17.2. The minimum atomic E-state index is -0.718. The normalized spacial score (nSPS) is 20.6. The van der Waals surface area contributed by atoms with Crippen LogP contribution in [0.15, 0.2) is 71.5 Å². The monoisotopic (exact) mass is 843 g/mol. The molecule has 1 saturated carbocycles. The Bertz CT molecular complexity index is 2730.